The van der Waals surface area contributed by atoms with Crippen molar-refractivity contribution in [3.63, 3.8) is 0 Å². The molecule has 0 atom stereocenters. The first-order valence-corrected chi connectivity index (χ1v) is 8.35. The molecule has 4 nitrogen and oxygen atoms in total. The monoisotopic (exact) mass is 400 g/mol. The van der Waals surface area contributed by atoms with E-state index in [-0.39, 0.29) is 11.8 Å². The molecular formula is C18H10BrClN2O2. The lowest BCUT2D eigenvalue weighted by atomic mass is 10.0. The van der Waals surface area contributed by atoms with Gasteiger partial charge in [0, 0.05) is 9.50 Å². The van der Waals surface area contributed by atoms with Gasteiger partial charge < -0.3 is 10.6 Å². The molecule has 2 aromatic rings. The number of carbonyl (C=O) groups excluding carboxylic acids is 2. The molecule has 118 valence electrons. The maximum absolute atomic E-state index is 12.5. The molecule has 0 unspecified atom stereocenters. The number of benzene rings is 2. The molecule has 24 heavy (non-hydrogen) atoms. The predicted octanol–water partition coefficient (Wildman–Crippen LogP) is 3.48. The Kier molecular flexibility index (Phi) is 3.55. The minimum absolute atomic E-state index is 0.286. The molecule has 2 aliphatic heterocycles. The van der Waals surface area contributed by atoms with Gasteiger partial charge >= 0.3 is 0 Å². The van der Waals surface area contributed by atoms with Crippen LogP contribution in [0.25, 0.3) is 11.4 Å². The predicted molar refractivity (Wildman–Crippen MR) is 95.7 cm³/mol. The van der Waals surface area contributed by atoms with Crippen molar-refractivity contribution in [2.24, 2.45) is 0 Å². The zero-order valence-electron chi connectivity index (χ0n) is 12.2. The molecule has 6 heteroatoms. The summed E-state index contributed by atoms with van der Waals surface area (Å²) in [7, 11) is 0. The summed E-state index contributed by atoms with van der Waals surface area (Å²) < 4.78 is 0.926. The van der Waals surface area contributed by atoms with Crippen LogP contribution in [-0.2, 0) is 9.59 Å². The fourth-order valence-corrected chi connectivity index (χ4v) is 3.24. The summed E-state index contributed by atoms with van der Waals surface area (Å²) in [5.74, 6) is -0.572. The molecule has 4 rings (SSSR count). The van der Waals surface area contributed by atoms with E-state index in [1.54, 1.807) is 24.3 Å². The van der Waals surface area contributed by atoms with E-state index in [9.17, 15) is 9.59 Å². The van der Waals surface area contributed by atoms with E-state index in [2.05, 4.69) is 26.6 Å². The Hall–Kier alpha value is -2.37. The molecule has 0 aliphatic carbocycles. The first-order valence-electron chi connectivity index (χ1n) is 7.18. The SMILES string of the molecule is O=C1NC(c2ccc(Br)cc2)=C2C(=O)NC(c3ccc(Cl)cc3)=C12. The average Bonchev–Trinajstić information content (AvgIpc) is 3.08. The van der Waals surface area contributed by atoms with Crippen LogP contribution in [0, 0.1) is 0 Å². The number of amides is 2. The highest BCUT2D eigenvalue weighted by Gasteiger charge is 2.40. The van der Waals surface area contributed by atoms with Crippen LogP contribution in [0.5, 0.6) is 0 Å². The Bertz CT molecular complexity index is 864. The molecule has 0 fully saturated rings. The summed E-state index contributed by atoms with van der Waals surface area (Å²) in [6, 6.07) is 14.4. The Labute approximate surface area is 151 Å². The van der Waals surface area contributed by atoms with Crippen LogP contribution in [-0.4, -0.2) is 11.8 Å². The molecule has 0 spiro atoms. The van der Waals surface area contributed by atoms with Gasteiger partial charge in [-0.2, -0.15) is 0 Å². The highest BCUT2D eigenvalue weighted by Crippen LogP contribution is 2.37. The first kappa shape index (κ1) is 15.2. The van der Waals surface area contributed by atoms with Gasteiger partial charge in [0.25, 0.3) is 11.8 Å². The molecule has 0 bridgehead atoms. The lowest BCUT2D eigenvalue weighted by Gasteiger charge is -2.07. The summed E-state index contributed by atoms with van der Waals surface area (Å²) in [5, 5.41) is 6.21. The van der Waals surface area contributed by atoms with Gasteiger partial charge in [0.1, 0.15) is 0 Å². The number of nitrogens with one attached hydrogen (secondary N) is 2. The van der Waals surface area contributed by atoms with Gasteiger partial charge in [-0.05, 0) is 35.4 Å². The van der Waals surface area contributed by atoms with E-state index in [1.807, 2.05) is 24.3 Å². The van der Waals surface area contributed by atoms with Crippen molar-refractivity contribution in [3.8, 4) is 0 Å². The lowest BCUT2D eigenvalue weighted by Crippen LogP contribution is -2.21. The van der Waals surface area contributed by atoms with Crippen LogP contribution >= 0.6 is 27.5 Å². The second-order valence-corrected chi connectivity index (χ2v) is 6.77. The highest BCUT2D eigenvalue weighted by atomic mass is 79.9. The van der Waals surface area contributed by atoms with Crippen LogP contribution in [0.15, 0.2) is 64.1 Å². The molecule has 0 radical (unpaired) electrons. The van der Waals surface area contributed by atoms with Gasteiger partial charge in [-0.25, -0.2) is 0 Å². The third-order valence-electron chi connectivity index (χ3n) is 3.95. The normalized spacial score (nSPS) is 16.4. The summed E-state index contributed by atoms with van der Waals surface area (Å²) in [6.45, 7) is 0. The topological polar surface area (TPSA) is 58.2 Å². The van der Waals surface area contributed by atoms with Crippen molar-refractivity contribution in [1.29, 1.82) is 0 Å². The Morgan fingerprint density at radius 1 is 0.708 bits per heavy atom. The van der Waals surface area contributed by atoms with E-state index in [4.69, 9.17) is 11.6 Å². The second kappa shape index (κ2) is 5.61. The van der Waals surface area contributed by atoms with E-state index in [0.717, 1.165) is 15.6 Å². The van der Waals surface area contributed by atoms with E-state index >= 15 is 0 Å². The fourth-order valence-electron chi connectivity index (χ4n) is 2.85. The minimum atomic E-state index is -0.286. The van der Waals surface area contributed by atoms with Crippen molar-refractivity contribution in [1.82, 2.24) is 10.6 Å². The molecule has 0 saturated heterocycles. The number of hydrogen-bond acceptors (Lipinski definition) is 2. The molecular weight excluding hydrogens is 392 g/mol. The smallest absolute Gasteiger partial charge is 0.258 e. The Balaban J connectivity index is 1.88. The first-order chi connectivity index (χ1) is 11.5. The molecule has 2 aromatic carbocycles. The molecule has 2 heterocycles. The largest absolute Gasteiger partial charge is 0.321 e. The minimum Gasteiger partial charge on any atom is -0.321 e. The van der Waals surface area contributed by atoms with Crippen molar-refractivity contribution in [2.45, 2.75) is 0 Å². The van der Waals surface area contributed by atoms with Crippen LogP contribution in [0.3, 0.4) is 0 Å². The number of hydrogen-bond donors (Lipinski definition) is 2. The number of fused-ring (bicyclic) bond motifs is 1. The average molecular weight is 402 g/mol. The second-order valence-electron chi connectivity index (χ2n) is 5.42. The fraction of sp³-hybridized carbons (Fsp3) is 0. The van der Waals surface area contributed by atoms with Crippen LogP contribution < -0.4 is 10.6 Å². The van der Waals surface area contributed by atoms with Gasteiger partial charge in [-0.15, -0.1) is 0 Å². The summed E-state index contributed by atoms with van der Waals surface area (Å²) in [5.41, 5.74) is 3.32. The van der Waals surface area contributed by atoms with E-state index in [1.165, 1.54) is 0 Å². The zero-order chi connectivity index (χ0) is 16.8. The van der Waals surface area contributed by atoms with Crippen LogP contribution in [0.1, 0.15) is 11.1 Å². The van der Waals surface area contributed by atoms with Gasteiger partial charge in [0.2, 0.25) is 0 Å². The van der Waals surface area contributed by atoms with E-state index in [0.29, 0.717) is 27.6 Å². The maximum Gasteiger partial charge on any atom is 0.258 e. The van der Waals surface area contributed by atoms with Gasteiger partial charge in [-0.3, -0.25) is 9.59 Å². The third kappa shape index (κ3) is 2.37. The summed E-state index contributed by atoms with van der Waals surface area (Å²) in [4.78, 5) is 24.9. The summed E-state index contributed by atoms with van der Waals surface area (Å²) >= 11 is 9.28. The molecule has 2 aliphatic rings. The molecule has 0 saturated carbocycles. The van der Waals surface area contributed by atoms with Crippen molar-refractivity contribution < 1.29 is 9.59 Å². The lowest BCUT2D eigenvalue weighted by molar-refractivity contribution is -0.117. The molecule has 0 aromatic heterocycles. The quantitative estimate of drug-likeness (QED) is 0.809. The molecule has 2 amide bonds. The zero-order valence-corrected chi connectivity index (χ0v) is 14.5. The Morgan fingerprint density at radius 3 is 1.58 bits per heavy atom. The Morgan fingerprint density at radius 2 is 1.12 bits per heavy atom. The van der Waals surface area contributed by atoms with Gasteiger partial charge in [0.05, 0.1) is 22.5 Å². The summed E-state index contributed by atoms with van der Waals surface area (Å²) in [6.07, 6.45) is 0. The maximum atomic E-state index is 12.5. The number of halogens is 2. The van der Waals surface area contributed by atoms with Crippen LogP contribution in [0.2, 0.25) is 5.02 Å². The van der Waals surface area contributed by atoms with Crippen LogP contribution in [0.4, 0.5) is 0 Å². The third-order valence-corrected chi connectivity index (χ3v) is 4.73. The number of rotatable bonds is 2. The highest BCUT2D eigenvalue weighted by molar-refractivity contribution is 9.10. The molecule has 2 N–H and O–H groups in total. The van der Waals surface area contributed by atoms with E-state index < -0.39 is 0 Å². The van der Waals surface area contributed by atoms with Gasteiger partial charge in [-0.1, -0.05) is 51.8 Å². The standard InChI is InChI=1S/C18H10BrClN2O2/c19-11-5-1-9(2-6-11)15-13-14(18(24)21-15)16(22-17(13)23)10-3-7-12(20)8-4-10/h1-8H,(H,21,24)(H,22,23). The number of carbonyl (C=O) groups is 2. The van der Waals surface area contributed by atoms with Crippen molar-refractivity contribution >= 4 is 50.7 Å². The van der Waals surface area contributed by atoms with Crippen molar-refractivity contribution in [3.05, 3.63) is 80.3 Å². The van der Waals surface area contributed by atoms with Crippen molar-refractivity contribution in [2.75, 3.05) is 0 Å². The van der Waals surface area contributed by atoms with Gasteiger partial charge in [0.15, 0.2) is 0 Å².